The number of hydrogen-bond acceptors (Lipinski definition) is 5. The summed E-state index contributed by atoms with van der Waals surface area (Å²) >= 11 is 0. The molecular weight excluding hydrogens is 274 g/mol. The van der Waals surface area contributed by atoms with Gasteiger partial charge in [-0.05, 0) is 12.1 Å². The van der Waals surface area contributed by atoms with Gasteiger partial charge in [0.25, 0.3) is 0 Å². The largest absolute Gasteiger partial charge is 0.381 e. The molecule has 112 valence electrons. The highest BCUT2D eigenvalue weighted by molar-refractivity contribution is 5.93. The van der Waals surface area contributed by atoms with E-state index in [9.17, 15) is 14.4 Å². The van der Waals surface area contributed by atoms with Crippen LogP contribution in [0.1, 0.15) is 0 Å². The van der Waals surface area contributed by atoms with Gasteiger partial charge in [-0.25, -0.2) is 0 Å². The lowest BCUT2D eigenvalue weighted by atomic mass is 10.1. The molecule has 0 fully saturated rings. The fourth-order valence-corrected chi connectivity index (χ4v) is 2.17. The molecule has 1 heterocycles. The molecule has 6 N–H and O–H groups in total. The van der Waals surface area contributed by atoms with E-state index in [0.717, 1.165) is 16.3 Å². The molecule has 1 aliphatic heterocycles. The van der Waals surface area contributed by atoms with Crippen LogP contribution >= 0.6 is 0 Å². The van der Waals surface area contributed by atoms with E-state index in [1.165, 1.54) is 0 Å². The van der Waals surface area contributed by atoms with Gasteiger partial charge in [0.15, 0.2) is 0 Å². The molecule has 2 rings (SSSR count). The van der Waals surface area contributed by atoms with Gasteiger partial charge in [0.2, 0.25) is 17.7 Å². The molecule has 1 atom stereocenters. The van der Waals surface area contributed by atoms with Crippen molar-refractivity contribution in [1.82, 2.24) is 4.90 Å². The van der Waals surface area contributed by atoms with Crippen molar-refractivity contribution < 1.29 is 14.4 Å². The number of amides is 3. The number of para-hydroxylation sites is 2. The number of fused-ring (bicyclic) bond motifs is 1. The summed E-state index contributed by atoms with van der Waals surface area (Å²) in [5.41, 5.74) is 11.8. The molecule has 8 nitrogen and oxygen atoms in total. The molecule has 21 heavy (non-hydrogen) atoms. The Bertz CT molecular complexity index is 559. The van der Waals surface area contributed by atoms with E-state index in [4.69, 9.17) is 11.5 Å². The Morgan fingerprint density at radius 1 is 1.10 bits per heavy atom. The minimum Gasteiger partial charge on any atom is -0.381 e. The van der Waals surface area contributed by atoms with E-state index in [2.05, 4.69) is 10.6 Å². The predicted octanol–water partition coefficient (Wildman–Crippen LogP) is -1.31. The van der Waals surface area contributed by atoms with Crippen LogP contribution in [0.2, 0.25) is 0 Å². The van der Waals surface area contributed by atoms with Crippen molar-refractivity contribution in [1.29, 1.82) is 0 Å². The number of nitrogens with two attached hydrogens (primary N) is 2. The second-order valence-corrected chi connectivity index (χ2v) is 4.75. The molecule has 0 saturated carbocycles. The quantitative estimate of drug-likeness (QED) is 0.535. The zero-order valence-corrected chi connectivity index (χ0v) is 11.3. The Balaban J connectivity index is 2.11. The average molecular weight is 291 g/mol. The average Bonchev–Trinajstić information content (AvgIpc) is 2.44. The number of rotatable bonds is 5. The number of carbonyl (C=O) groups is 3. The van der Waals surface area contributed by atoms with Crippen LogP contribution in [0.4, 0.5) is 11.4 Å². The van der Waals surface area contributed by atoms with Gasteiger partial charge in [0.1, 0.15) is 6.04 Å². The van der Waals surface area contributed by atoms with Crippen LogP contribution < -0.4 is 22.1 Å². The first-order valence-electron chi connectivity index (χ1n) is 6.42. The number of anilines is 2. The Morgan fingerprint density at radius 3 is 2.24 bits per heavy atom. The number of primary amides is 2. The minimum atomic E-state index is -0.700. The summed E-state index contributed by atoms with van der Waals surface area (Å²) in [6, 6.07) is 6.83. The summed E-state index contributed by atoms with van der Waals surface area (Å²) in [4.78, 5) is 35.5. The Kier molecular flexibility index (Phi) is 4.27. The topological polar surface area (TPSA) is 131 Å². The van der Waals surface area contributed by atoms with Gasteiger partial charge in [-0.3, -0.25) is 14.4 Å². The Morgan fingerprint density at radius 2 is 1.67 bits per heavy atom. The molecule has 0 aliphatic carbocycles. The van der Waals surface area contributed by atoms with Crippen LogP contribution in [0.25, 0.3) is 0 Å². The van der Waals surface area contributed by atoms with E-state index in [0.29, 0.717) is 6.54 Å². The van der Waals surface area contributed by atoms with E-state index >= 15 is 0 Å². The van der Waals surface area contributed by atoms with Gasteiger partial charge in [0.05, 0.1) is 24.5 Å². The lowest BCUT2D eigenvalue weighted by molar-refractivity contribution is -0.138. The lowest BCUT2D eigenvalue weighted by Gasteiger charge is -2.31. The third-order valence-corrected chi connectivity index (χ3v) is 3.06. The van der Waals surface area contributed by atoms with Crippen molar-refractivity contribution in [3.63, 3.8) is 0 Å². The summed E-state index contributed by atoms with van der Waals surface area (Å²) in [5, 5.41) is 6.18. The lowest BCUT2D eigenvalue weighted by Crippen LogP contribution is -2.52. The first kappa shape index (κ1) is 14.6. The van der Waals surface area contributed by atoms with E-state index in [-0.39, 0.29) is 13.1 Å². The molecule has 8 heteroatoms. The molecule has 0 spiro atoms. The van der Waals surface area contributed by atoms with Crippen molar-refractivity contribution >= 4 is 29.1 Å². The molecular formula is C13H17N5O3. The highest BCUT2D eigenvalue weighted by Crippen LogP contribution is 2.25. The first-order valence-corrected chi connectivity index (χ1v) is 6.42. The summed E-state index contributed by atoms with van der Waals surface area (Å²) in [5.74, 6) is -1.81. The third kappa shape index (κ3) is 3.62. The monoisotopic (exact) mass is 291 g/mol. The summed E-state index contributed by atoms with van der Waals surface area (Å²) in [7, 11) is 0. The van der Waals surface area contributed by atoms with Crippen LogP contribution in [0, 0.1) is 0 Å². The number of benzene rings is 1. The zero-order valence-electron chi connectivity index (χ0n) is 11.3. The molecule has 1 aromatic carbocycles. The second kappa shape index (κ2) is 6.12. The fraction of sp³-hybridized carbons (Fsp3) is 0.308. The maximum absolute atomic E-state index is 12.4. The Labute approximate surface area is 121 Å². The van der Waals surface area contributed by atoms with Gasteiger partial charge in [-0.2, -0.15) is 0 Å². The maximum atomic E-state index is 12.4. The fourth-order valence-electron chi connectivity index (χ4n) is 2.17. The van der Waals surface area contributed by atoms with Crippen molar-refractivity contribution in [3.05, 3.63) is 24.3 Å². The van der Waals surface area contributed by atoms with Crippen LogP contribution in [-0.4, -0.2) is 48.3 Å². The van der Waals surface area contributed by atoms with E-state index < -0.39 is 23.8 Å². The predicted molar refractivity (Wildman–Crippen MR) is 77.3 cm³/mol. The molecule has 0 bridgehead atoms. The van der Waals surface area contributed by atoms with Crippen LogP contribution in [0.5, 0.6) is 0 Å². The molecule has 0 saturated heterocycles. The van der Waals surface area contributed by atoms with Crippen molar-refractivity contribution in [2.24, 2.45) is 11.5 Å². The summed E-state index contributed by atoms with van der Waals surface area (Å²) < 4.78 is 0. The van der Waals surface area contributed by atoms with Gasteiger partial charge in [-0.1, -0.05) is 12.1 Å². The smallest absolute Gasteiger partial charge is 0.247 e. The van der Waals surface area contributed by atoms with Gasteiger partial charge >= 0.3 is 0 Å². The molecule has 1 aliphatic rings. The molecule has 1 unspecified atom stereocenters. The van der Waals surface area contributed by atoms with Crippen molar-refractivity contribution in [3.8, 4) is 0 Å². The molecule has 1 aromatic rings. The van der Waals surface area contributed by atoms with Crippen LogP contribution in [-0.2, 0) is 14.4 Å². The highest BCUT2D eigenvalue weighted by atomic mass is 16.2. The number of nitrogens with zero attached hydrogens (tertiary/aromatic N) is 1. The SMILES string of the molecule is NC(=O)CN(CC(N)=O)C(=O)C1CNc2ccccc2N1. The third-order valence-electron chi connectivity index (χ3n) is 3.06. The number of hydrogen-bond donors (Lipinski definition) is 4. The maximum Gasteiger partial charge on any atom is 0.247 e. The summed E-state index contributed by atoms with van der Waals surface area (Å²) in [6.07, 6.45) is 0. The van der Waals surface area contributed by atoms with E-state index in [1.54, 1.807) is 0 Å². The van der Waals surface area contributed by atoms with Crippen LogP contribution in [0.3, 0.4) is 0 Å². The second-order valence-electron chi connectivity index (χ2n) is 4.75. The summed E-state index contributed by atoms with van der Waals surface area (Å²) in [6.45, 7) is -0.354. The number of nitrogens with one attached hydrogen (secondary N) is 2. The molecule has 0 radical (unpaired) electrons. The van der Waals surface area contributed by atoms with E-state index in [1.807, 2.05) is 24.3 Å². The minimum absolute atomic E-state index is 0.337. The first-order chi connectivity index (χ1) is 9.97. The van der Waals surface area contributed by atoms with Gasteiger partial charge < -0.3 is 27.0 Å². The Hall–Kier alpha value is -2.77. The van der Waals surface area contributed by atoms with Crippen molar-refractivity contribution in [2.75, 3.05) is 30.3 Å². The standard InChI is InChI=1S/C13H17N5O3/c14-11(19)6-18(7-12(15)20)13(21)10-5-16-8-3-1-2-4-9(8)17-10/h1-4,10,16-17H,5-7H2,(H2,14,19)(H2,15,20). The molecule has 0 aromatic heterocycles. The van der Waals surface area contributed by atoms with Gasteiger partial charge in [0, 0.05) is 6.54 Å². The van der Waals surface area contributed by atoms with Crippen LogP contribution in [0.15, 0.2) is 24.3 Å². The number of carbonyl (C=O) groups excluding carboxylic acids is 3. The zero-order chi connectivity index (χ0) is 15.4. The van der Waals surface area contributed by atoms with Gasteiger partial charge in [-0.15, -0.1) is 0 Å². The molecule has 3 amide bonds. The van der Waals surface area contributed by atoms with Crippen molar-refractivity contribution in [2.45, 2.75) is 6.04 Å². The highest BCUT2D eigenvalue weighted by Gasteiger charge is 2.29. The normalized spacial score (nSPS) is 16.1.